The van der Waals surface area contributed by atoms with Crippen molar-refractivity contribution in [3.63, 3.8) is 0 Å². The Balaban J connectivity index is 2.25. The molecule has 0 bridgehead atoms. The monoisotopic (exact) mass is 294 g/mol. The van der Waals surface area contributed by atoms with Crippen LogP contribution in [0.5, 0.6) is 11.5 Å². The molecule has 106 valence electrons. The summed E-state index contributed by atoms with van der Waals surface area (Å²) < 4.78 is 24.1. The van der Waals surface area contributed by atoms with Gasteiger partial charge in [-0.15, -0.1) is 11.6 Å². The van der Waals surface area contributed by atoms with Crippen LogP contribution < -0.4 is 9.47 Å². The third-order valence-electron chi connectivity index (χ3n) is 3.14. The van der Waals surface area contributed by atoms with E-state index in [1.165, 1.54) is 6.07 Å². The second-order valence-electron chi connectivity index (χ2n) is 4.37. The molecule has 0 heterocycles. The SMILES string of the molecule is COc1ccc(C(Cl)Cc2ccccc2F)c(OC)c1. The van der Waals surface area contributed by atoms with Gasteiger partial charge < -0.3 is 9.47 Å². The van der Waals surface area contributed by atoms with Crippen molar-refractivity contribution in [1.82, 2.24) is 0 Å². The van der Waals surface area contributed by atoms with E-state index in [-0.39, 0.29) is 11.2 Å². The molecule has 0 amide bonds. The van der Waals surface area contributed by atoms with E-state index in [2.05, 4.69) is 0 Å². The molecule has 0 aromatic heterocycles. The fraction of sp³-hybridized carbons (Fsp3) is 0.250. The number of methoxy groups -OCH3 is 2. The molecule has 0 aliphatic rings. The quantitative estimate of drug-likeness (QED) is 0.763. The average Bonchev–Trinajstić information content (AvgIpc) is 2.48. The van der Waals surface area contributed by atoms with Crippen LogP contribution in [0.25, 0.3) is 0 Å². The zero-order valence-corrected chi connectivity index (χ0v) is 12.2. The van der Waals surface area contributed by atoms with Crippen LogP contribution in [-0.2, 0) is 6.42 Å². The Morgan fingerprint density at radius 1 is 1.10 bits per heavy atom. The number of benzene rings is 2. The van der Waals surface area contributed by atoms with E-state index in [4.69, 9.17) is 21.1 Å². The molecule has 1 unspecified atom stereocenters. The van der Waals surface area contributed by atoms with E-state index in [0.29, 0.717) is 23.5 Å². The summed E-state index contributed by atoms with van der Waals surface area (Å²) in [6, 6.07) is 12.1. The lowest BCUT2D eigenvalue weighted by Crippen LogP contribution is -2.01. The number of alkyl halides is 1. The molecule has 0 aliphatic carbocycles. The van der Waals surface area contributed by atoms with Gasteiger partial charge in [-0.05, 0) is 24.1 Å². The van der Waals surface area contributed by atoms with Crippen molar-refractivity contribution in [2.45, 2.75) is 11.8 Å². The van der Waals surface area contributed by atoms with E-state index < -0.39 is 0 Å². The molecule has 4 heteroatoms. The Morgan fingerprint density at radius 2 is 1.85 bits per heavy atom. The van der Waals surface area contributed by atoms with Gasteiger partial charge in [0.1, 0.15) is 17.3 Å². The molecule has 0 aliphatic heterocycles. The maximum absolute atomic E-state index is 13.7. The molecule has 0 saturated carbocycles. The van der Waals surface area contributed by atoms with Crippen LogP contribution in [0.15, 0.2) is 42.5 Å². The first-order valence-electron chi connectivity index (χ1n) is 6.25. The summed E-state index contributed by atoms with van der Waals surface area (Å²) in [6.07, 6.45) is 0.400. The van der Waals surface area contributed by atoms with Crippen LogP contribution in [0.2, 0.25) is 0 Å². The van der Waals surface area contributed by atoms with Gasteiger partial charge in [0.05, 0.1) is 19.6 Å². The smallest absolute Gasteiger partial charge is 0.127 e. The Kier molecular flexibility index (Phi) is 4.85. The Hall–Kier alpha value is -1.74. The molecule has 2 aromatic carbocycles. The molecule has 1 atom stereocenters. The van der Waals surface area contributed by atoms with Gasteiger partial charge in [0.15, 0.2) is 0 Å². The fourth-order valence-electron chi connectivity index (χ4n) is 2.04. The Morgan fingerprint density at radius 3 is 2.50 bits per heavy atom. The lowest BCUT2D eigenvalue weighted by molar-refractivity contribution is 0.390. The molecule has 0 saturated heterocycles. The highest BCUT2D eigenvalue weighted by molar-refractivity contribution is 6.21. The van der Waals surface area contributed by atoms with Crippen molar-refractivity contribution < 1.29 is 13.9 Å². The van der Waals surface area contributed by atoms with Gasteiger partial charge in [0.25, 0.3) is 0 Å². The normalized spacial score (nSPS) is 12.0. The van der Waals surface area contributed by atoms with Crippen molar-refractivity contribution >= 4 is 11.6 Å². The molecule has 2 aromatic rings. The van der Waals surface area contributed by atoms with E-state index in [1.54, 1.807) is 38.5 Å². The summed E-state index contributed by atoms with van der Waals surface area (Å²) in [7, 11) is 3.16. The Bertz CT molecular complexity index is 586. The molecule has 0 spiro atoms. The number of ether oxygens (including phenoxy) is 2. The van der Waals surface area contributed by atoms with Crippen LogP contribution in [0.3, 0.4) is 0 Å². The van der Waals surface area contributed by atoms with E-state index in [1.807, 2.05) is 12.1 Å². The van der Waals surface area contributed by atoms with Gasteiger partial charge in [-0.1, -0.05) is 24.3 Å². The second kappa shape index (κ2) is 6.62. The van der Waals surface area contributed by atoms with Gasteiger partial charge in [0, 0.05) is 11.6 Å². The summed E-state index contributed by atoms with van der Waals surface area (Å²) in [5.41, 5.74) is 1.41. The van der Waals surface area contributed by atoms with Gasteiger partial charge >= 0.3 is 0 Å². The summed E-state index contributed by atoms with van der Waals surface area (Å²) in [4.78, 5) is 0. The molecule has 2 rings (SSSR count). The van der Waals surface area contributed by atoms with Crippen molar-refractivity contribution in [3.05, 3.63) is 59.4 Å². The van der Waals surface area contributed by atoms with Crippen LogP contribution in [-0.4, -0.2) is 14.2 Å². The van der Waals surface area contributed by atoms with Crippen LogP contribution in [0, 0.1) is 5.82 Å². The molecule has 0 radical (unpaired) electrons. The number of halogens is 2. The van der Waals surface area contributed by atoms with E-state index in [0.717, 1.165) is 5.56 Å². The fourth-order valence-corrected chi connectivity index (χ4v) is 2.39. The number of hydrogen-bond acceptors (Lipinski definition) is 2. The zero-order chi connectivity index (χ0) is 14.5. The van der Waals surface area contributed by atoms with Crippen molar-refractivity contribution in [2.24, 2.45) is 0 Å². The van der Waals surface area contributed by atoms with E-state index >= 15 is 0 Å². The topological polar surface area (TPSA) is 18.5 Å². The first kappa shape index (κ1) is 14.7. The molecular weight excluding hydrogens is 279 g/mol. The molecule has 0 fully saturated rings. The van der Waals surface area contributed by atoms with Crippen molar-refractivity contribution in [1.29, 1.82) is 0 Å². The maximum atomic E-state index is 13.7. The zero-order valence-electron chi connectivity index (χ0n) is 11.4. The highest BCUT2D eigenvalue weighted by Crippen LogP contribution is 2.35. The standard InChI is InChI=1S/C16H16ClFO2/c1-19-12-7-8-13(16(10-12)20-2)14(17)9-11-5-3-4-6-15(11)18/h3-8,10,14H,9H2,1-2H3. The number of hydrogen-bond donors (Lipinski definition) is 0. The second-order valence-corrected chi connectivity index (χ2v) is 4.90. The van der Waals surface area contributed by atoms with Crippen molar-refractivity contribution in [2.75, 3.05) is 14.2 Å². The van der Waals surface area contributed by atoms with Crippen LogP contribution in [0.4, 0.5) is 4.39 Å². The van der Waals surface area contributed by atoms with Gasteiger partial charge in [0.2, 0.25) is 0 Å². The molecular formula is C16H16ClFO2. The van der Waals surface area contributed by atoms with Gasteiger partial charge in [-0.3, -0.25) is 0 Å². The summed E-state index contributed by atoms with van der Waals surface area (Å²) >= 11 is 6.40. The lowest BCUT2D eigenvalue weighted by atomic mass is 10.0. The maximum Gasteiger partial charge on any atom is 0.127 e. The molecule has 2 nitrogen and oxygen atoms in total. The van der Waals surface area contributed by atoms with Crippen LogP contribution in [0.1, 0.15) is 16.5 Å². The van der Waals surface area contributed by atoms with Gasteiger partial charge in [-0.2, -0.15) is 0 Å². The summed E-state index contributed by atoms with van der Waals surface area (Å²) in [5.74, 6) is 1.09. The average molecular weight is 295 g/mol. The van der Waals surface area contributed by atoms with Crippen LogP contribution >= 0.6 is 11.6 Å². The third-order valence-corrected chi connectivity index (χ3v) is 3.52. The minimum absolute atomic E-state index is 0.245. The van der Waals surface area contributed by atoms with Gasteiger partial charge in [-0.25, -0.2) is 4.39 Å². The predicted octanol–water partition coefficient (Wildman–Crippen LogP) is 4.37. The largest absolute Gasteiger partial charge is 0.497 e. The Labute approximate surface area is 123 Å². The van der Waals surface area contributed by atoms with E-state index in [9.17, 15) is 4.39 Å². The number of rotatable bonds is 5. The first-order valence-corrected chi connectivity index (χ1v) is 6.68. The third kappa shape index (κ3) is 3.23. The summed E-state index contributed by atoms with van der Waals surface area (Å²) in [5, 5.41) is -0.368. The summed E-state index contributed by atoms with van der Waals surface area (Å²) in [6.45, 7) is 0. The highest BCUT2D eigenvalue weighted by atomic mass is 35.5. The predicted molar refractivity (Wildman–Crippen MR) is 78.2 cm³/mol. The highest BCUT2D eigenvalue weighted by Gasteiger charge is 2.16. The first-order chi connectivity index (χ1) is 9.65. The molecule has 0 N–H and O–H groups in total. The molecule has 20 heavy (non-hydrogen) atoms. The minimum atomic E-state index is -0.368. The van der Waals surface area contributed by atoms with Crippen molar-refractivity contribution in [3.8, 4) is 11.5 Å². The lowest BCUT2D eigenvalue weighted by Gasteiger charge is -2.15. The minimum Gasteiger partial charge on any atom is -0.497 e.